The van der Waals surface area contributed by atoms with Crippen LogP contribution in [0.4, 0.5) is 11.4 Å². The van der Waals surface area contributed by atoms with Gasteiger partial charge in [-0.3, -0.25) is 0 Å². The highest BCUT2D eigenvalue weighted by molar-refractivity contribution is 5.91. The predicted octanol–water partition coefficient (Wildman–Crippen LogP) is 8.11. The number of anilines is 2. The van der Waals surface area contributed by atoms with E-state index in [2.05, 4.69) is 61.2 Å². The summed E-state index contributed by atoms with van der Waals surface area (Å²) >= 11 is 0. The molecule has 4 nitrogen and oxygen atoms in total. The van der Waals surface area contributed by atoms with Gasteiger partial charge >= 0.3 is 5.97 Å². The number of para-hydroxylation sites is 2. The van der Waals surface area contributed by atoms with Gasteiger partial charge in [0.15, 0.2) is 0 Å². The third-order valence-corrected chi connectivity index (χ3v) is 7.47. The second-order valence-corrected chi connectivity index (χ2v) is 10.3. The number of rotatable bonds is 7. The van der Waals surface area contributed by atoms with Gasteiger partial charge in [-0.2, -0.15) is 0 Å². The van der Waals surface area contributed by atoms with Gasteiger partial charge in [0.1, 0.15) is 11.4 Å². The Morgan fingerprint density at radius 1 is 1.03 bits per heavy atom. The second-order valence-electron chi connectivity index (χ2n) is 10.3. The molecule has 0 bridgehead atoms. The molecule has 0 fully saturated rings. The lowest BCUT2D eigenvalue weighted by Crippen LogP contribution is -2.47. The van der Waals surface area contributed by atoms with Crippen LogP contribution in [-0.2, 0) is 0 Å². The zero-order valence-corrected chi connectivity index (χ0v) is 21.2. The molecule has 0 saturated heterocycles. The molecule has 0 aromatic heterocycles. The van der Waals surface area contributed by atoms with Crippen molar-refractivity contribution in [2.75, 3.05) is 11.4 Å². The molecule has 1 N–H and O–H groups in total. The van der Waals surface area contributed by atoms with Crippen LogP contribution in [0.15, 0.2) is 84.9 Å². The van der Waals surface area contributed by atoms with E-state index >= 15 is 0 Å². The fourth-order valence-corrected chi connectivity index (χ4v) is 5.47. The molecule has 2 atom stereocenters. The summed E-state index contributed by atoms with van der Waals surface area (Å²) in [6.07, 6.45) is 3.01. The molecule has 1 aliphatic heterocycles. The number of carboxylic acids is 1. The summed E-state index contributed by atoms with van der Waals surface area (Å²) in [6.45, 7) is 6.98. The van der Waals surface area contributed by atoms with Crippen LogP contribution < -0.4 is 9.64 Å². The highest BCUT2D eigenvalue weighted by Gasteiger charge is 2.36. The molecule has 0 radical (unpaired) electrons. The highest BCUT2D eigenvalue weighted by atomic mass is 16.5. The summed E-state index contributed by atoms with van der Waals surface area (Å²) < 4.78 is 6.57. The maximum atomic E-state index is 11.8. The minimum absolute atomic E-state index is 0.335. The molecular formula is C32H33NO3. The third kappa shape index (κ3) is 4.68. The molecule has 184 valence electrons. The Balaban J connectivity index is 1.36. The number of fused-ring (bicyclic) bond motifs is 2. The van der Waals surface area contributed by atoms with Crippen LogP contribution >= 0.6 is 0 Å². The van der Waals surface area contributed by atoms with Crippen LogP contribution in [0.3, 0.4) is 0 Å². The summed E-state index contributed by atoms with van der Waals surface area (Å²) in [4.78, 5) is 14.0. The lowest BCUT2D eigenvalue weighted by atomic mass is 9.88. The van der Waals surface area contributed by atoms with Crippen molar-refractivity contribution in [3.63, 3.8) is 0 Å². The smallest absolute Gasteiger partial charge is 0.336 e. The third-order valence-electron chi connectivity index (χ3n) is 7.47. The van der Waals surface area contributed by atoms with E-state index in [1.54, 1.807) is 6.07 Å². The molecule has 1 unspecified atom stereocenters. The van der Waals surface area contributed by atoms with Crippen molar-refractivity contribution < 1.29 is 14.6 Å². The largest absolute Gasteiger partial charge is 0.484 e. The summed E-state index contributed by atoms with van der Waals surface area (Å²) in [5, 5.41) is 12.3. The van der Waals surface area contributed by atoms with Crippen molar-refractivity contribution in [1.29, 1.82) is 0 Å². The number of aryl methyl sites for hydroxylation is 1. The predicted molar refractivity (Wildman–Crippen MR) is 147 cm³/mol. The summed E-state index contributed by atoms with van der Waals surface area (Å²) in [5.74, 6) is 0.383. The number of nitrogens with zero attached hydrogens (tertiary/aromatic N) is 1. The average Bonchev–Trinajstić information content (AvgIpc) is 2.88. The van der Waals surface area contributed by atoms with Crippen molar-refractivity contribution in [2.24, 2.45) is 0 Å². The van der Waals surface area contributed by atoms with E-state index < -0.39 is 5.97 Å². The zero-order valence-electron chi connectivity index (χ0n) is 21.2. The first kappa shape index (κ1) is 23.9. The normalized spacial score (nSPS) is 17.9. The summed E-state index contributed by atoms with van der Waals surface area (Å²) in [6, 6.07) is 28.9. The van der Waals surface area contributed by atoms with Crippen LogP contribution in [0, 0.1) is 6.92 Å². The Kier molecular flexibility index (Phi) is 6.44. The lowest BCUT2D eigenvalue weighted by molar-refractivity contribution is 0.0696. The first-order valence-corrected chi connectivity index (χ1v) is 12.7. The van der Waals surface area contributed by atoms with Gasteiger partial charge in [-0.25, -0.2) is 4.79 Å². The average molecular weight is 480 g/mol. The van der Waals surface area contributed by atoms with Gasteiger partial charge in [0, 0.05) is 5.69 Å². The molecule has 4 heteroatoms. The van der Waals surface area contributed by atoms with Gasteiger partial charge in [0.05, 0.1) is 17.8 Å². The monoisotopic (exact) mass is 479 g/mol. The lowest BCUT2D eigenvalue weighted by Gasteiger charge is -2.43. The fourth-order valence-electron chi connectivity index (χ4n) is 5.47. The Morgan fingerprint density at radius 3 is 2.61 bits per heavy atom. The molecule has 1 aliphatic rings. The Hall–Kier alpha value is -3.79. The minimum Gasteiger partial charge on any atom is -0.484 e. The molecule has 0 amide bonds. The van der Waals surface area contributed by atoms with E-state index in [0.717, 1.165) is 42.0 Å². The minimum atomic E-state index is -0.902. The fraction of sp³-hybridized carbons (Fsp3) is 0.281. The van der Waals surface area contributed by atoms with E-state index in [9.17, 15) is 9.90 Å². The van der Waals surface area contributed by atoms with E-state index in [1.807, 2.05) is 43.3 Å². The van der Waals surface area contributed by atoms with Gasteiger partial charge in [-0.05, 0) is 85.2 Å². The number of benzene rings is 4. The van der Waals surface area contributed by atoms with Crippen LogP contribution in [-0.4, -0.2) is 23.2 Å². The topological polar surface area (TPSA) is 49.8 Å². The zero-order chi connectivity index (χ0) is 25.3. The van der Waals surface area contributed by atoms with Gasteiger partial charge in [-0.15, -0.1) is 0 Å². The van der Waals surface area contributed by atoms with Gasteiger partial charge < -0.3 is 14.7 Å². The maximum Gasteiger partial charge on any atom is 0.336 e. The van der Waals surface area contributed by atoms with E-state index in [0.29, 0.717) is 18.0 Å². The van der Waals surface area contributed by atoms with Crippen molar-refractivity contribution >= 4 is 28.1 Å². The molecule has 36 heavy (non-hydrogen) atoms. The standard InChI is InChI=1S/C32H33NO3/c1-22(26-14-8-12-24-11-4-5-13-27(24)26)10-9-19-32(3)21-33(29-15-6-7-16-30(29)36-32)25-18-17-23(2)28(20-25)31(34)35/h4-8,11-18,20,22H,9-10,19,21H2,1-3H3,(H,34,35)/t22-,32?/m0/s1. The molecule has 0 aliphatic carbocycles. The number of hydrogen-bond donors (Lipinski definition) is 1. The van der Waals surface area contributed by atoms with Crippen LogP contribution in [0.25, 0.3) is 10.8 Å². The first-order valence-electron chi connectivity index (χ1n) is 12.7. The molecule has 5 rings (SSSR count). The Morgan fingerprint density at radius 2 is 1.78 bits per heavy atom. The number of carboxylic acid groups (broad SMARTS) is 1. The van der Waals surface area contributed by atoms with Crippen LogP contribution in [0.5, 0.6) is 5.75 Å². The number of aromatic carboxylic acids is 1. The van der Waals surface area contributed by atoms with E-state index in [4.69, 9.17) is 4.74 Å². The van der Waals surface area contributed by atoms with Crippen LogP contribution in [0.1, 0.15) is 60.5 Å². The van der Waals surface area contributed by atoms with Crippen molar-refractivity contribution in [2.45, 2.75) is 51.6 Å². The molecule has 4 aromatic rings. The second kappa shape index (κ2) is 9.69. The first-order chi connectivity index (χ1) is 17.3. The molecule has 0 spiro atoms. The Labute approximate surface area is 213 Å². The number of ether oxygens (including phenoxy) is 1. The number of carbonyl (C=O) groups is 1. The van der Waals surface area contributed by atoms with Gasteiger partial charge in [0.2, 0.25) is 0 Å². The molecular weight excluding hydrogens is 446 g/mol. The summed E-state index contributed by atoms with van der Waals surface area (Å²) in [7, 11) is 0. The van der Waals surface area contributed by atoms with Gasteiger partial charge in [-0.1, -0.05) is 67.6 Å². The van der Waals surface area contributed by atoms with E-state index in [-0.39, 0.29) is 5.60 Å². The molecule has 1 heterocycles. The Bertz CT molecular complexity index is 1410. The molecule has 0 saturated carbocycles. The SMILES string of the molecule is Cc1ccc(N2CC(C)(CCC[C@H](C)c3cccc4ccccc34)Oc3ccccc32)cc1C(=O)O. The molecule has 4 aromatic carbocycles. The van der Waals surface area contributed by atoms with Crippen molar-refractivity contribution in [3.05, 3.63) is 102 Å². The van der Waals surface area contributed by atoms with E-state index in [1.165, 1.54) is 16.3 Å². The van der Waals surface area contributed by atoms with Crippen LogP contribution in [0.2, 0.25) is 0 Å². The summed E-state index contributed by atoms with van der Waals surface area (Å²) in [5.41, 5.74) is 3.96. The van der Waals surface area contributed by atoms with Crippen molar-refractivity contribution in [3.8, 4) is 5.75 Å². The maximum absolute atomic E-state index is 11.8. The van der Waals surface area contributed by atoms with Gasteiger partial charge in [0.25, 0.3) is 0 Å². The number of hydrogen-bond acceptors (Lipinski definition) is 3. The highest BCUT2D eigenvalue weighted by Crippen LogP contribution is 2.43. The quantitative estimate of drug-likeness (QED) is 0.291. The van der Waals surface area contributed by atoms with Crippen molar-refractivity contribution in [1.82, 2.24) is 0 Å².